The van der Waals surface area contributed by atoms with Crippen LogP contribution in [-0.2, 0) is 25.0 Å². The number of halogens is 1. The van der Waals surface area contributed by atoms with Crippen LogP contribution in [0.1, 0.15) is 27.9 Å². The van der Waals surface area contributed by atoms with Crippen molar-refractivity contribution in [3.8, 4) is 11.5 Å². The van der Waals surface area contributed by atoms with Crippen LogP contribution in [0.4, 0.5) is 4.39 Å². The number of para-hydroxylation sites is 1. The molecule has 0 bridgehead atoms. The number of aryl methyl sites for hydroxylation is 1. The molecule has 1 fully saturated rings. The van der Waals surface area contributed by atoms with Crippen LogP contribution in [0.25, 0.3) is 0 Å². The van der Waals surface area contributed by atoms with Crippen molar-refractivity contribution in [2.75, 3.05) is 13.7 Å². The summed E-state index contributed by atoms with van der Waals surface area (Å²) in [6.07, 6.45) is -5.34. The molecule has 2 N–H and O–H groups in total. The minimum absolute atomic E-state index is 0.0548. The van der Waals surface area contributed by atoms with Crippen molar-refractivity contribution < 1.29 is 41.2 Å². The molecule has 0 radical (unpaired) electrons. The Labute approximate surface area is 179 Å². The summed E-state index contributed by atoms with van der Waals surface area (Å²) in [5.41, 5.74) is -1.62. The van der Waals surface area contributed by atoms with Crippen molar-refractivity contribution in [1.82, 2.24) is 9.55 Å². The highest BCUT2D eigenvalue weighted by Crippen LogP contribution is 2.57. The van der Waals surface area contributed by atoms with Gasteiger partial charge in [-0.25, -0.2) is 13.8 Å². The standard InChI is InChI=1S/C18H20FN2O9P/c1-10-7-21(17(24)20-15(10)23)16-12(22)6-18(19,29-16)9-28-31(25)27-8-11-4-3-5-13(26-2)14(11)30-31/h3-5,7,12,16,22H,6,8-9H2,1-2H3,(H,20,23,24)/t12-,16-,18+,31?/m1/s1/i9D2,16D. The van der Waals surface area contributed by atoms with E-state index in [1.165, 1.54) is 20.1 Å². The van der Waals surface area contributed by atoms with Crippen LogP contribution >= 0.6 is 7.82 Å². The Balaban J connectivity index is 1.64. The minimum Gasteiger partial charge on any atom is -0.493 e. The van der Waals surface area contributed by atoms with Crippen LogP contribution in [0.3, 0.4) is 0 Å². The Morgan fingerprint density at radius 2 is 2.29 bits per heavy atom. The molecule has 1 unspecified atom stereocenters. The maximum atomic E-state index is 15.8. The van der Waals surface area contributed by atoms with Crippen molar-refractivity contribution in [3.05, 3.63) is 56.4 Å². The molecular weight excluding hydrogens is 438 g/mol. The van der Waals surface area contributed by atoms with Gasteiger partial charge in [0.05, 0.1) is 17.8 Å². The number of phosphoric ester groups is 1. The molecule has 2 aliphatic heterocycles. The number of alkyl halides is 1. The van der Waals surface area contributed by atoms with E-state index >= 15 is 4.39 Å². The summed E-state index contributed by atoms with van der Waals surface area (Å²) in [5.74, 6) is -3.51. The predicted octanol–water partition coefficient (Wildman–Crippen LogP) is 1.53. The highest BCUT2D eigenvalue weighted by atomic mass is 31.2. The summed E-state index contributed by atoms with van der Waals surface area (Å²) in [7, 11) is -3.48. The molecule has 3 heterocycles. The number of rotatable bonds is 5. The average Bonchev–Trinajstić information content (AvgIpc) is 3.00. The zero-order valence-electron chi connectivity index (χ0n) is 19.3. The van der Waals surface area contributed by atoms with Crippen molar-refractivity contribution in [2.24, 2.45) is 0 Å². The van der Waals surface area contributed by atoms with E-state index in [9.17, 15) is 19.3 Å². The molecule has 4 rings (SSSR count). The van der Waals surface area contributed by atoms with Gasteiger partial charge in [0.1, 0.15) is 12.7 Å². The lowest BCUT2D eigenvalue weighted by molar-refractivity contribution is -0.179. The van der Waals surface area contributed by atoms with Crippen LogP contribution < -0.4 is 20.5 Å². The molecule has 168 valence electrons. The maximum absolute atomic E-state index is 15.8. The zero-order chi connectivity index (χ0) is 25.1. The van der Waals surface area contributed by atoms with Gasteiger partial charge < -0.3 is 19.1 Å². The van der Waals surface area contributed by atoms with Crippen molar-refractivity contribution >= 4 is 7.82 Å². The molecule has 2 aliphatic rings. The number of ether oxygens (including phenoxy) is 2. The lowest BCUT2D eigenvalue weighted by Crippen LogP contribution is -2.37. The van der Waals surface area contributed by atoms with Crippen LogP contribution in [0.15, 0.2) is 34.0 Å². The van der Waals surface area contributed by atoms with Gasteiger partial charge in [0, 0.05) is 23.7 Å². The van der Waals surface area contributed by atoms with Crippen LogP contribution in [0.2, 0.25) is 0 Å². The number of hydrogen-bond acceptors (Lipinski definition) is 9. The summed E-state index contributed by atoms with van der Waals surface area (Å²) in [6.45, 7) is -2.65. The van der Waals surface area contributed by atoms with E-state index in [-0.39, 0.29) is 23.7 Å². The first-order valence-electron chi connectivity index (χ1n) is 10.4. The second-order valence-corrected chi connectivity index (χ2v) is 8.30. The fraction of sp³-hybridized carbons (Fsp3) is 0.444. The van der Waals surface area contributed by atoms with Crippen LogP contribution in [-0.4, -0.2) is 40.3 Å². The number of nitrogens with zero attached hydrogens (tertiary/aromatic N) is 1. The maximum Gasteiger partial charge on any atom is 0.530 e. The highest BCUT2D eigenvalue weighted by molar-refractivity contribution is 7.49. The fourth-order valence-electron chi connectivity index (χ4n) is 3.01. The van der Waals surface area contributed by atoms with Crippen molar-refractivity contribution in [3.63, 3.8) is 0 Å². The smallest absolute Gasteiger partial charge is 0.493 e. The zero-order valence-corrected chi connectivity index (χ0v) is 17.2. The Morgan fingerprint density at radius 3 is 3.03 bits per heavy atom. The molecule has 0 amide bonds. The van der Waals surface area contributed by atoms with Gasteiger partial charge in [-0.2, -0.15) is 0 Å². The number of fused-ring (bicyclic) bond motifs is 1. The average molecular weight is 461 g/mol. The summed E-state index contributed by atoms with van der Waals surface area (Å²) in [6, 6.07) is 4.66. The highest BCUT2D eigenvalue weighted by Gasteiger charge is 2.50. The van der Waals surface area contributed by atoms with Gasteiger partial charge >= 0.3 is 13.5 Å². The molecule has 13 heteroatoms. The molecule has 31 heavy (non-hydrogen) atoms. The van der Waals surface area contributed by atoms with Gasteiger partial charge in [-0.1, -0.05) is 12.1 Å². The van der Waals surface area contributed by atoms with Gasteiger partial charge in [0.25, 0.3) is 5.56 Å². The second kappa shape index (κ2) is 7.88. The van der Waals surface area contributed by atoms with E-state index in [1.54, 1.807) is 12.1 Å². The molecule has 1 saturated heterocycles. The van der Waals surface area contributed by atoms with Gasteiger partial charge in [-0.15, -0.1) is 0 Å². The summed E-state index contributed by atoms with van der Waals surface area (Å²) in [4.78, 5) is 25.7. The number of H-pyrrole nitrogens is 1. The second-order valence-electron chi connectivity index (χ2n) is 6.78. The number of benzene rings is 1. The molecule has 0 aliphatic carbocycles. The normalized spacial score (nSPS) is 34.2. The number of methoxy groups -OCH3 is 1. The van der Waals surface area contributed by atoms with E-state index in [0.29, 0.717) is 10.1 Å². The van der Waals surface area contributed by atoms with Gasteiger partial charge in [-0.3, -0.25) is 23.4 Å². The number of aromatic amines is 1. The first-order valence-corrected chi connectivity index (χ1v) is 10.4. The quantitative estimate of drug-likeness (QED) is 0.635. The molecule has 11 nitrogen and oxygen atoms in total. The Kier molecular flexibility index (Phi) is 4.60. The van der Waals surface area contributed by atoms with Crippen molar-refractivity contribution in [2.45, 2.75) is 38.1 Å². The third-order valence-electron chi connectivity index (χ3n) is 4.54. The summed E-state index contributed by atoms with van der Waals surface area (Å²) < 4.78 is 78.7. The topological polar surface area (TPSA) is 138 Å². The van der Waals surface area contributed by atoms with E-state index in [0.717, 1.165) is 6.20 Å². The van der Waals surface area contributed by atoms with Gasteiger partial charge in [0.2, 0.25) is 5.85 Å². The number of hydrogen-bond donors (Lipinski definition) is 2. The third kappa shape index (κ3) is 4.17. The van der Waals surface area contributed by atoms with E-state index < -0.39 is 50.2 Å². The Morgan fingerprint density at radius 1 is 1.52 bits per heavy atom. The van der Waals surface area contributed by atoms with Gasteiger partial charge in [0.15, 0.2) is 17.7 Å². The van der Waals surface area contributed by atoms with Crippen LogP contribution in [0.5, 0.6) is 11.5 Å². The molecule has 1 aromatic heterocycles. The summed E-state index contributed by atoms with van der Waals surface area (Å²) >= 11 is 0. The van der Waals surface area contributed by atoms with E-state index in [4.69, 9.17) is 27.2 Å². The number of aromatic nitrogens is 2. The number of phosphoric acid groups is 1. The molecular formula is C18H20FN2O9P. The van der Waals surface area contributed by atoms with Gasteiger partial charge in [-0.05, 0) is 13.0 Å². The SMILES string of the molecule is [2H]C([2H])(OP1(=O)OCc2cccc(OC)c2O1)[C@]1(F)C[C@@H](O)[C@]([2H])(n2cc(C)c(=O)[nH]c2=O)O1. The minimum atomic E-state index is -4.79. The Hall–Kier alpha value is -2.50. The molecule has 2 aromatic rings. The number of nitrogens with one attached hydrogen (secondary N) is 1. The molecule has 0 saturated carbocycles. The van der Waals surface area contributed by atoms with Crippen molar-refractivity contribution in [1.29, 1.82) is 0 Å². The molecule has 4 atom stereocenters. The molecule has 0 spiro atoms. The Bertz CT molecular complexity index is 1290. The first kappa shape index (κ1) is 18.1. The third-order valence-corrected chi connectivity index (χ3v) is 5.70. The lowest BCUT2D eigenvalue weighted by atomic mass is 10.2. The predicted molar refractivity (Wildman–Crippen MR) is 103 cm³/mol. The summed E-state index contributed by atoms with van der Waals surface area (Å²) in [5, 5.41) is 10.4. The van der Waals surface area contributed by atoms with Crippen LogP contribution in [0, 0.1) is 6.92 Å². The monoisotopic (exact) mass is 461 g/mol. The number of aliphatic hydroxyl groups excluding tert-OH is 1. The van der Waals surface area contributed by atoms with E-state index in [1.807, 2.05) is 4.98 Å². The largest absolute Gasteiger partial charge is 0.530 e. The fourth-order valence-corrected chi connectivity index (χ4v) is 4.13. The lowest BCUT2D eigenvalue weighted by Gasteiger charge is -2.28. The first-order chi connectivity index (χ1) is 15.7. The number of aliphatic hydroxyl groups is 1. The van der Waals surface area contributed by atoms with E-state index in [2.05, 4.69) is 0 Å². The molecule has 1 aromatic carbocycles.